The minimum Gasteiger partial charge on any atom is -0.493 e. The van der Waals surface area contributed by atoms with Crippen molar-refractivity contribution in [3.05, 3.63) is 226 Å². The van der Waals surface area contributed by atoms with Gasteiger partial charge in [0.15, 0.2) is 0 Å². The molecule has 0 N–H and O–H groups in total. The monoisotopic (exact) mass is 1470 g/mol. The van der Waals surface area contributed by atoms with Gasteiger partial charge in [-0.3, -0.25) is 0 Å². The fraction of sp³-hybridized carbons (Fsp3) is 0.467. The number of nitrogens with zero attached hydrogens (tertiary/aromatic N) is 3. The van der Waals surface area contributed by atoms with Crippen LogP contribution in [0, 0.1) is 33.6 Å². The molecule has 18 heteroatoms. The smallest absolute Gasteiger partial charge is 0.125 e. The number of benzene rings is 8. The van der Waals surface area contributed by atoms with Crippen molar-refractivity contribution < 1.29 is 71.1 Å². The predicted molar refractivity (Wildman–Crippen MR) is 419 cm³/mol. The molecule has 8 aromatic rings. The van der Waals surface area contributed by atoms with Crippen molar-refractivity contribution >= 4 is 17.1 Å². The summed E-state index contributed by atoms with van der Waals surface area (Å²) in [6, 6.07) is 63.9. The van der Waals surface area contributed by atoms with Crippen LogP contribution in [-0.2, 0) is 59.2 Å². The molecule has 572 valence electrons. The van der Waals surface area contributed by atoms with Gasteiger partial charge >= 0.3 is 0 Å². The van der Waals surface area contributed by atoms with Gasteiger partial charge in [-0.15, -0.1) is 0 Å². The molecule has 19 rings (SSSR count). The van der Waals surface area contributed by atoms with Gasteiger partial charge in [0.2, 0.25) is 0 Å². The minimum atomic E-state index is -0.0870. The Morgan fingerprint density at radius 3 is 0.870 bits per heavy atom. The predicted octanol–water partition coefficient (Wildman–Crippen LogP) is 14.0. The van der Waals surface area contributed by atoms with Gasteiger partial charge in [-0.2, -0.15) is 0 Å². The first-order valence-electron chi connectivity index (χ1n) is 39.0. The molecule has 1 aliphatic carbocycles. The summed E-state index contributed by atoms with van der Waals surface area (Å²) in [4.78, 5) is 7.15. The molecule has 8 aromatic carbocycles. The largest absolute Gasteiger partial charge is 0.493 e. The van der Waals surface area contributed by atoms with Crippen LogP contribution in [0.1, 0.15) is 71.2 Å². The van der Waals surface area contributed by atoms with E-state index in [1.807, 2.05) is 60.7 Å². The maximum atomic E-state index is 5.95. The van der Waals surface area contributed by atoms with Crippen molar-refractivity contribution in [2.75, 3.05) is 153 Å². The van der Waals surface area contributed by atoms with E-state index >= 15 is 0 Å². The van der Waals surface area contributed by atoms with Gasteiger partial charge in [-0.05, 0) is 206 Å². The summed E-state index contributed by atoms with van der Waals surface area (Å²) in [5.41, 5.74) is 15.9. The van der Waals surface area contributed by atoms with Gasteiger partial charge in [-0.25, -0.2) is 0 Å². The van der Waals surface area contributed by atoms with Crippen LogP contribution < -0.4 is 38.4 Å². The Morgan fingerprint density at radius 2 is 0.574 bits per heavy atom. The zero-order valence-electron chi connectivity index (χ0n) is 63.6. The number of hydrogen-bond acceptors (Lipinski definition) is 18. The topological polar surface area (TPSA) is 181 Å². The molecule has 10 unspecified atom stereocenters. The minimum absolute atomic E-state index is 0.0870. The summed E-state index contributed by atoms with van der Waals surface area (Å²) >= 11 is 0. The SMILES string of the molecule is CC(C)(c1ccc(OCC2CO2)cc1)c1ccc(OCC2CO2)cc1.Cc1cc(-c2cc(C)c(OCC3CO3)c(C)c2)cc(C)c1OCC1CO1.c1cc(N(CC2CO2)CC2CO2)ccc1Cc1ccc(N(CC2CO2)CC2CO2)cc1.c1ccc(N(CC2CO2)CC2CO2)cc1.c1ccc(OCC2CC2)cc1. The zero-order valence-corrected chi connectivity index (χ0v) is 63.6. The maximum Gasteiger partial charge on any atom is 0.125 e. The molecule has 108 heavy (non-hydrogen) atoms. The normalized spacial score (nSPS) is 23.4. The molecular formula is C90H107N3O15. The van der Waals surface area contributed by atoms with Gasteiger partial charge in [0, 0.05) is 61.7 Å². The van der Waals surface area contributed by atoms with Crippen molar-refractivity contribution in [1.82, 2.24) is 0 Å². The number of ether oxygens (including phenoxy) is 15. The highest BCUT2D eigenvalue weighted by atomic mass is 16.6. The van der Waals surface area contributed by atoms with Crippen LogP contribution in [0.2, 0.25) is 0 Å². The third-order valence-electron chi connectivity index (χ3n) is 20.7. The van der Waals surface area contributed by atoms with E-state index in [2.05, 4.69) is 178 Å². The van der Waals surface area contributed by atoms with Crippen LogP contribution in [0.4, 0.5) is 17.1 Å². The van der Waals surface area contributed by atoms with E-state index in [0.717, 1.165) is 175 Å². The van der Waals surface area contributed by atoms with E-state index < -0.39 is 0 Å². The molecule has 10 atom stereocenters. The Kier molecular flexibility index (Phi) is 24.8. The highest BCUT2D eigenvalue weighted by Crippen LogP contribution is 2.38. The third kappa shape index (κ3) is 24.4. The lowest BCUT2D eigenvalue weighted by molar-refractivity contribution is 0.260. The summed E-state index contributed by atoms with van der Waals surface area (Å²) in [6.07, 6.45) is 7.15. The van der Waals surface area contributed by atoms with Gasteiger partial charge < -0.3 is 85.8 Å². The van der Waals surface area contributed by atoms with Gasteiger partial charge in [0.25, 0.3) is 0 Å². The Morgan fingerprint density at radius 1 is 0.306 bits per heavy atom. The molecule has 10 heterocycles. The molecule has 0 bridgehead atoms. The van der Waals surface area contributed by atoms with Crippen LogP contribution in [0.15, 0.2) is 182 Å². The van der Waals surface area contributed by atoms with Crippen LogP contribution in [-0.4, -0.2) is 199 Å². The first kappa shape index (κ1) is 75.2. The molecular weight excluding hydrogens is 1360 g/mol. The number of anilines is 3. The molecule has 10 saturated heterocycles. The number of rotatable bonds is 35. The van der Waals surface area contributed by atoms with Crippen LogP contribution in [0.5, 0.6) is 28.7 Å². The lowest BCUT2D eigenvalue weighted by atomic mass is 9.78. The molecule has 10 aliphatic heterocycles. The first-order valence-corrected chi connectivity index (χ1v) is 39.0. The summed E-state index contributed by atoms with van der Waals surface area (Å²) in [6.45, 7) is 30.7. The third-order valence-corrected chi connectivity index (χ3v) is 20.7. The van der Waals surface area contributed by atoms with Crippen molar-refractivity contribution in [3.63, 3.8) is 0 Å². The van der Waals surface area contributed by atoms with E-state index in [0.29, 0.717) is 63.1 Å². The fourth-order valence-electron chi connectivity index (χ4n) is 13.1. The molecule has 11 aliphatic rings. The highest BCUT2D eigenvalue weighted by molar-refractivity contribution is 5.70. The van der Waals surface area contributed by atoms with Gasteiger partial charge in [0.1, 0.15) is 79.6 Å². The number of epoxide rings is 10. The van der Waals surface area contributed by atoms with Crippen molar-refractivity contribution in [3.8, 4) is 39.9 Å². The van der Waals surface area contributed by atoms with Crippen molar-refractivity contribution in [1.29, 1.82) is 0 Å². The molecule has 1 saturated carbocycles. The van der Waals surface area contributed by atoms with E-state index in [9.17, 15) is 0 Å². The number of para-hydroxylation sites is 2. The second-order valence-electron chi connectivity index (χ2n) is 31.0. The molecule has 0 spiro atoms. The Balaban J connectivity index is 0.000000112. The fourth-order valence-corrected chi connectivity index (χ4v) is 13.1. The van der Waals surface area contributed by atoms with Crippen LogP contribution >= 0.6 is 0 Å². The van der Waals surface area contributed by atoms with Crippen molar-refractivity contribution in [2.24, 2.45) is 5.92 Å². The van der Waals surface area contributed by atoms with E-state index in [4.69, 9.17) is 71.1 Å². The first-order chi connectivity index (χ1) is 52.8. The average Bonchev–Trinajstić information content (AvgIpc) is 1.65. The average molecular weight is 1470 g/mol. The Bertz CT molecular complexity index is 3820. The molecule has 11 fully saturated rings. The highest BCUT2D eigenvalue weighted by Gasteiger charge is 2.35. The molecule has 0 radical (unpaired) electrons. The molecule has 0 amide bonds. The summed E-state index contributed by atoms with van der Waals surface area (Å²) in [5, 5.41) is 0. The van der Waals surface area contributed by atoms with E-state index in [1.165, 1.54) is 63.3 Å². The van der Waals surface area contributed by atoms with E-state index in [1.54, 1.807) is 0 Å². The maximum absolute atomic E-state index is 5.95. The Labute approximate surface area is 637 Å². The summed E-state index contributed by atoms with van der Waals surface area (Å²) in [7, 11) is 0. The summed E-state index contributed by atoms with van der Waals surface area (Å²) < 4.78 is 82.0. The van der Waals surface area contributed by atoms with Crippen LogP contribution in [0.3, 0.4) is 0 Å². The second-order valence-corrected chi connectivity index (χ2v) is 31.0. The quantitative estimate of drug-likeness (QED) is 0.0342. The zero-order chi connectivity index (χ0) is 73.8. The molecule has 18 nitrogen and oxygen atoms in total. The second kappa shape index (κ2) is 35.6. The van der Waals surface area contributed by atoms with E-state index in [-0.39, 0.29) is 29.8 Å². The lowest BCUT2D eigenvalue weighted by Crippen LogP contribution is -2.31. The number of hydrogen-bond donors (Lipinski definition) is 0. The Hall–Kier alpha value is -8.24. The number of aryl methyl sites for hydroxylation is 4. The van der Waals surface area contributed by atoms with Crippen molar-refractivity contribution in [2.45, 2.75) is 127 Å². The van der Waals surface area contributed by atoms with Gasteiger partial charge in [0.05, 0.1) is 109 Å². The molecule has 0 aromatic heterocycles. The standard InChI is InChI=1S/C25H30N2O4.C22H26O4.C21H24O4.C12H15NO2.C10H12O/c1-5-20(26(10-22-14-28-22)11-23-15-29-23)6-2-18(1)9-19-3-7-21(8-4-19)27(12-24-16-30-24)13-25-17-31-25;1-13-5-17(6-14(2)21(13)25-11-19-9-23-19)18-7-15(3)22(16(4)8-18)26-12-20-10-24-20;1-21(2,15-3-7-17(8-4-15)22-11-19-13-24-19)16-5-9-18(10-6-16)23-12-20-14-25-20;1-2-4-10(5-3-1)13(6-11-8-14-11)7-12-9-15-12;1-2-4-10(5-3-1)11-8-9-6-7-9/h1-8,22-25H,9-17H2;5-8,19-20H,9-12H2,1-4H3;3-10,19-20H,11-14H2,1-2H3;1-5,11-12H,6-9H2;1-5,9H,6-8H2. The lowest BCUT2D eigenvalue weighted by Gasteiger charge is -2.26. The van der Waals surface area contributed by atoms with Gasteiger partial charge in [-0.1, -0.05) is 98.8 Å². The van der Waals surface area contributed by atoms with Crippen LogP contribution in [0.25, 0.3) is 11.1 Å². The summed E-state index contributed by atoms with van der Waals surface area (Å²) in [5.74, 6) is 5.57.